The van der Waals surface area contributed by atoms with E-state index in [2.05, 4.69) is 4.72 Å². The molecular weight excluding hydrogens is 274 g/mol. The molecule has 1 aromatic rings. The molecule has 0 radical (unpaired) electrons. The highest BCUT2D eigenvalue weighted by atomic mass is 35.5. The van der Waals surface area contributed by atoms with E-state index in [0.717, 1.165) is 11.3 Å². The van der Waals surface area contributed by atoms with Gasteiger partial charge in [-0.3, -0.25) is 0 Å². The van der Waals surface area contributed by atoms with Crippen molar-refractivity contribution in [1.29, 1.82) is 0 Å². The molecule has 0 unspecified atom stereocenters. The summed E-state index contributed by atoms with van der Waals surface area (Å²) >= 11 is 5.47. The predicted octanol–water partition coefficient (Wildman–Crippen LogP) is 2.13. The molecule has 0 heterocycles. The van der Waals surface area contributed by atoms with E-state index < -0.39 is 10.0 Å². The predicted molar refractivity (Wildman–Crippen MR) is 73.6 cm³/mol. The van der Waals surface area contributed by atoms with Gasteiger partial charge in [-0.15, -0.1) is 11.6 Å². The third kappa shape index (κ3) is 5.71. The van der Waals surface area contributed by atoms with E-state index in [9.17, 15) is 8.42 Å². The minimum absolute atomic E-state index is 0.0572. The SMILES string of the molecule is CCOc1cccc(CNS(=O)(=O)CCCCl)c1. The molecule has 4 nitrogen and oxygen atoms in total. The van der Waals surface area contributed by atoms with Crippen LogP contribution in [0.15, 0.2) is 24.3 Å². The second-order valence-corrected chi connectivity index (χ2v) is 6.07. The molecule has 0 bridgehead atoms. The number of nitrogens with one attached hydrogen (secondary N) is 1. The van der Waals surface area contributed by atoms with E-state index in [-0.39, 0.29) is 12.3 Å². The van der Waals surface area contributed by atoms with Gasteiger partial charge in [0, 0.05) is 12.4 Å². The average molecular weight is 292 g/mol. The monoisotopic (exact) mass is 291 g/mol. The smallest absolute Gasteiger partial charge is 0.211 e. The van der Waals surface area contributed by atoms with Crippen LogP contribution in [0.1, 0.15) is 18.9 Å². The van der Waals surface area contributed by atoms with Crippen molar-refractivity contribution in [1.82, 2.24) is 4.72 Å². The summed E-state index contributed by atoms with van der Waals surface area (Å²) in [6, 6.07) is 7.36. The number of sulfonamides is 1. The standard InChI is InChI=1S/C12H18ClNO3S/c1-2-17-12-6-3-5-11(9-12)10-14-18(15,16)8-4-7-13/h3,5-6,9,14H,2,4,7-8,10H2,1H3. The summed E-state index contributed by atoms with van der Waals surface area (Å²) in [7, 11) is -3.24. The van der Waals surface area contributed by atoms with Crippen molar-refractivity contribution in [2.75, 3.05) is 18.2 Å². The van der Waals surface area contributed by atoms with Gasteiger partial charge in [0.05, 0.1) is 12.4 Å². The van der Waals surface area contributed by atoms with Crippen molar-refractivity contribution in [3.63, 3.8) is 0 Å². The zero-order valence-corrected chi connectivity index (χ0v) is 11.9. The highest BCUT2D eigenvalue weighted by Crippen LogP contribution is 2.13. The number of hydrogen-bond acceptors (Lipinski definition) is 3. The summed E-state index contributed by atoms with van der Waals surface area (Å²) in [6.07, 6.45) is 0.454. The Morgan fingerprint density at radius 1 is 1.39 bits per heavy atom. The number of rotatable bonds is 8. The Hall–Kier alpha value is -0.780. The Labute approximate surface area is 113 Å². The number of alkyl halides is 1. The fourth-order valence-electron chi connectivity index (χ4n) is 1.42. The number of ether oxygens (including phenoxy) is 1. The van der Waals surface area contributed by atoms with Crippen molar-refractivity contribution in [2.45, 2.75) is 19.9 Å². The molecule has 6 heteroatoms. The molecule has 1 N–H and O–H groups in total. The maximum Gasteiger partial charge on any atom is 0.211 e. The zero-order valence-electron chi connectivity index (χ0n) is 10.4. The first kappa shape index (κ1) is 15.3. The average Bonchev–Trinajstić information content (AvgIpc) is 2.35. The molecule has 0 fully saturated rings. The Bertz CT molecular complexity index is 462. The van der Waals surface area contributed by atoms with Gasteiger partial charge in [0.1, 0.15) is 5.75 Å². The van der Waals surface area contributed by atoms with Gasteiger partial charge in [-0.05, 0) is 31.0 Å². The van der Waals surface area contributed by atoms with Gasteiger partial charge in [0.2, 0.25) is 10.0 Å². The largest absolute Gasteiger partial charge is 0.494 e. The second kappa shape index (κ2) is 7.61. The number of halogens is 1. The van der Waals surface area contributed by atoms with Gasteiger partial charge in [-0.25, -0.2) is 13.1 Å². The van der Waals surface area contributed by atoms with Crippen LogP contribution in [0.4, 0.5) is 0 Å². The van der Waals surface area contributed by atoms with Gasteiger partial charge in [0.25, 0.3) is 0 Å². The van der Waals surface area contributed by atoms with Crippen LogP contribution in [0, 0.1) is 0 Å². The van der Waals surface area contributed by atoms with E-state index in [1.807, 2.05) is 31.2 Å². The van der Waals surface area contributed by atoms with Crippen molar-refractivity contribution < 1.29 is 13.2 Å². The van der Waals surface area contributed by atoms with Crippen LogP contribution in [0.3, 0.4) is 0 Å². The topological polar surface area (TPSA) is 55.4 Å². The van der Waals surface area contributed by atoms with Gasteiger partial charge >= 0.3 is 0 Å². The lowest BCUT2D eigenvalue weighted by Crippen LogP contribution is -2.26. The highest BCUT2D eigenvalue weighted by molar-refractivity contribution is 7.89. The molecule has 1 rings (SSSR count). The quantitative estimate of drug-likeness (QED) is 0.747. The molecule has 0 atom stereocenters. The summed E-state index contributed by atoms with van der Waals surface area (Å²) in [5.74, 6) is 1.15. The van der Waals surface area contributed by atoms with Gasteiger partial charge in [0.15, 0.2) is 0 Å². The van der Waals surface area contributed by atoms with Gasteiger partial charge in [-0.1, -0.05) is 12.1 Å². The lowest BCUT2D eigenvalue weighted by Gasteiger charge is -2.08. The van der Waals surface area contributed by atoms with Crippen molar-refractivity contribution in [3.05, 3.63) is 29.8 Å². The minimum atomic E-state index is -3.24. The molecule has 18 heavy (non-hydrogen) atoms. The van der Waals surface area contributed by atoms with Gasteiger partial charge in [-0.2, -0.15) is 0 Å². The van der Waals surface area contributed by atoms with E-state index in [4.69, 9.17) is 16.3 Å². The van der Waals surface area contributed by atoms with E-state index in [0.29, 0.717) is 18.9 Å². The van der Waals surface area contributed by atoms with Crippen LogP contribution >= 0.6 is 11.6 Å². The second-order valence-electron chi connectivity index (χ2n) is 3.76. The van der Waals surface area contributed by atoms with Crippen LogP contribution in [0.2, 0.25) is 0 Å². The Morgan fingerprint density at radius 3 is 2.83 bits per heavy atom. The summed E-state index contributed by atoms with van der Waals surface area (Å²) in [5, 5.41) is 0. The number of hydrogen-bond donors (Lipinski definition) is 1. The van der Waals surface area contributed by atoms with Crippen molar-refractivity contribution in [3.8, 4) is 5.75 Å². The maximum atomic E-state index is 11.6. The highest BCUT2D eigenvalue weighted by Gasteiger charge is 2.09. The molecule has 0 aliphatic rings. The first-order valence-electron chi connectivity index (χ1n) is 5.82. The fourth-order valence-corrected chi connectivity index (χ4v) is 2.77. The van der Waals surface area contributed by atoms with E-state index in [1.165, 1.54) is 0 Å². The lowest BCUT2D eigenvalue weighted by molar-refractivity contribution is 0.340. The van der Waals surface area contributed by atoms with Crippen LogP contribution in [0.25, 0.3) is 0 Å². The van der Waals surface area contributed by atoms with E-state index in [1.54, 1.807) is 0 Å². The molecule has 0 aliphatic heterocycles. The normalized spacial score (nSPS) is 11.4. The first-order valence-corrected chi connectivity index (χ1v) is 8.01. The summed E-state index contributed by atoms with van der Waals surface area (Å²) in [4.78, 5) is 0. The molecule has 0 aliphatic carbocycles. The third-order valence-electron chi connectivity index (χ3n) is 2.25. The molecule has 102 valence electrons. The van der Waals surface area contributed by atoms with Crippen molar-refractivity contribution in [2.24, 2.45) is 0 Å². The third-order valence-corrected chi connectivity index (χ3v) is 3.93. The Kier molecular flexibility index (Phi) is 6.46. The Balaban J connectivity index is 2.55. The molecule has 0 spiro atoms. The summed E-state index contributed by atoms with van der Waals surface area (Å²) in [5.41, 5.74) is 0.871. The fraction of sp³-hybridized carbons (Fsp3) is 0.500. The van der Waals surface area contributed by atoms with E-state index >= 15 is 0 Å². The van der Waals surface area contributed by atoms with Crippen LogP contribution in [-0.4, -0.2) is 26.7 Å². The molecule has 0 aromatic heterocycles. The molecule has 1 aromatic carbocycles. The van der Waals surface area contributed by atoms with Crippen LogP contribution in [0.5, 0.6) is 5.75 Å². The molecule has 0 saturated carbocycles. The summed E-state index contributed by atoms with van der Waals surface area (Å²) in [6.45, 7) is 2.76. The molecular formula is C12H18ClNO3S. The van der Waals surface area contributed by atoms with Crippen molar-refractivity contribution >= 4 is 21.6 Å². The zero-order chi connectivity index (χ0) is 13.4. The lowest BCUT2D eigenvalue weighted by atomic mass is 10.2. The molecule has 0 saturated heterocycles. The molecule has 0 amide bonds. The van der Waals surface area contributed by atoms with Crippen LogP contribution in [-0.2, 0) is 16.6 Å². The first-order chi connectivity index (χ1) is 8.57. The number of benzene rings is 1. The maximum absolute atomic E-state index is 11.6. The van der Waals surface area contributed by atoms with Gasteiger partial charge < -0.3 is 4.74 Å². The summed E-state index contributed by atoms with van der Waals surface area (Å²) < 4.78 is 31.0. The minimum Gasteiger partial charge on any atom is -0.494 e. The Morgan fingerprint density at radius 2 is 2.17 bits per heavy atom. The van der Waals surface area contributed by atoms with Crippen LogP contribution < -0.4 is 9.46 Å².